The minimum Gasteiger partial charge on any atom is -0.338 e. The minimum absolute atomic E-state index is 0.0298. The quantitative estimate of drug-likeness (QED) is 0.340. The SMILES string of the molecule is O=C(C1CC(N(Cc2ccc([N+](=O)[O-])cc2)Cc2cccs2)CN1C(=O)c1ccc(F)cc1)N1CCNCC1. The van der Waals surface area contributed by atoms with Gasteiger partial charge in [-0.1, -0.05) is 18.2 Å². The third-order valence-electron chi connectivity index (χ3n) is 7.33. The number of non-ortho nitro benzene ring substituents is 1. The summed E-state index contributed by atoms with van der Waals surface area (Å²) in [6.07, 6.45) is 0.466. The summed E-state index contributed by atoms with van der Waals surface area (Å²) in [7, 11) is 0. The number of likely N-dealkylation sites (tertiary alicyclic amines) is 1. The molecule has 0 bridgehead atoms. The molecule has 0 spiro atoms. The normalized spacial score (nSPS) is 19.4. The van der Waals surface area contributed by atoms with Crippen molar-refractivity contribution in [2.24, 2.45) is 0 Å². The summed E-state index contributed by atoms with van der Waals surface area (Å²) in [6.45, 7) is 4.05. The largest absolute Gasteiger partial charge is 0.338 e. The topological polar surface area (TPSA) is 99.0 Å². The number of carbonyl (C=O) groups is 2. The first-order valence-corrected chi connectivity index (χ1v) is 13.8. The van der Waals surface area contributed by atoms with Gasteiger partial charge in [0.1, 0.15) is 11.9 Å². The van der Waals surface area contributed by atoms with Gasteiger partial charge >= 0.3 is 0 Å². The Labute approximate surface area is 230 Å². The summed E-state index contributed by atoms with van der Waals surface area (Å²) in [6, 6.07) is 15.2. The van der Waals surface area contributed by atoms with E-state index in [-0.39, 0.29) is 23.5 Å². The molecule has 0 saturated carbocycles. The number of nitro groups is 1. The zero-order valence-corrected chi connectivity index (χ0v) is 22.2. The molecule has 0 aliphatic carbocycles. The number of amides is 2. The second-order valence-electron chi connectivity index (χ2n) is 9.85. The van der Waals surface area contributed by atoms with Crippen molar-refractivity contribution in [2.45, 2.75) is 31.6 Å². The summed E-state index contributed by atoms with van der Waals surface area (Å²) in [5.41, 5.74) is 1.28. The van der Waals surface area contributed by atoms with Gasteiger partial charge in [0.25, 0.3) is 11.6 Å². The van der Waals surface area contributed by atoms with Crippen LogP contribution in [0, 0.1) is 15.9 Å². The predicted octanol–water partition coefficient (Wildman–Crippen LogP) is 3.51. The Kier molecular flexibility index (Phi) is 8.30. The molecule has 3 aromatic rings. The van der Waals surface area contributed by atoms with Gasteiger partial charge in [0.05, 0.1) is 4.92 Å². The Balaban J connectivity index is 1.43. The molecular formula is C28H30FN5O4S. The van der Waals surface area contributed by atoms with Crippen molar-refractivity contribution < 1.29 is 18.9 Å². The van der Waals surface area contributed by atoms with Gasteiger partial charge in [-0.3, -0.25) is 24.6 Å². The van der Waals surface area contributed by atoms with Gasteiger partial charge in [0.2, 0.25) is 5.91 Å². The van der Waals surface area contributed by atoms with Crippen molar-refractivity contribution in [3.05, 3.63) is 98.0 Å². The summed E-state index contributed by atoms with van der Waals surface area (Å²) >= 11 is 1.63. The predicted molar refractivity (Wildman–Crippen MR) is 146 cm³/mol. The number of hydrogen-bond donors (Lipinski definition) is 1. The lowest BCUT2D eigenvalue weighted by atomic mass is 10.1. The van der Waals surface area contributed by atoms with Crippen LogP contribution in [0.2, 0.25) is 0 Å². The van der Waals surface area contributed by atoms with E-state index in [1.54, 1.807) is 28.4 Å². The van der Waals surface area contributed by atoms with Crippen LogP contribution in [0.4, 0.5) is 10.1 Å². The van der Waals surface area contributed by atoms with E-state index in [1.165, 1.54) is 36.4 Å². The lowest BCUT2D eigenvalue weighted by Crippen LogP contribution is -2.53. The zero-order valence-electron chi connectivity index (χ0n) is 21.4. The average molecular weight is 552 g/mol. The molecule has 2 aromatic carbocycles. The third-order valence-corrected chi connectivity index (χ3v) is 8.19. The maximum atomic E-state index is 13.7. The van der Waals surface area contributed by atoms with Crippen LogP contribution in [0.15, 0.2) is 66.0 Å². The van der Waals surface area contributed by atoms with E-state index >= 15 is 0 Å². The van der Waals surface area contributed by atoms with Crippen LogP contribution in [0.25, 0.3) is 0 Å². The molecule has 5 rings (SSSR count). The zero-order chi connectivity index (χ0) is 27.4. The van der Waals surface area contributed by atoms with Crippen LogP contribution in [0.3, 0.4) is 0 Å². The number of rotatable bonds is 8. The first-order chi connectivity index (χ1) is 18.9. The van der Waals surface area contributed by atoms with Crippen molar-refractivity contribution in [3.63, 3.8) is 0 Å². The molecule has 1 aromatic heterocycles. The van der Waals surface area contributed by atoms with Crippen molar-refractivity contribution in [1.29, 1.82) is 0 Å². The molecule has 39 heavy (non-hydrogen) atoms. The lowest BCUT2D eigenvalue weighted by Gasteiger charge is -2.32. The minimum atomic E-state index is -0.631. The molecule has 2 aliphatic heterocycles. The highest BCUT2D eigenvalue weighted by Gasteiger charge is 2.43. The summed E-state index contributed by atoms with van der Waals surface area (Å²) in [5.74, 6) is -0.789. The van der Waals surface area contributed by atoms with Crippen LogP contribution in [0.5, 0.6) is 0 Å². The van der Waals surface area contributed by atoms with Gasteiger partial charge in [-0.25, -0.2) is 4.39 Å². The highest BCUT2D eigenvalue weighted by Crippen LogP contribution is 2.29. The van der Waals surface area contributed by atoms with E-state index in [2.05, 4.69) is 10.2 Å². The van der Waals surface area contributed by atoms with Gasteiger partial charge in [-0.05, 0) is 47.7 Å². The van der Waals surface area contributed by atoms with Crippen molar-refractivity contribution >= 4 is 28.8 Å². The van der Waals surface area contributed by atoms with Crippen LogP contribution in [-0.2, 0) is 17.9 Å². The smallest absolute Gasteiger partial charge is 0.269 e. The number of piperazine rings is 1. The van der Waals surface area contributed by atoms with Crippen LogP contribution in [-0.4, -0.2) is 76.2 Å². The van der Waals surface area contributed by atoms with Crippen LogP contribution >= 0.6 is 11.3 Å². The molecule has 2 atom stereocenters. The van der Waals surface area contributed by atoms with E-state index in [0.717, 1.165) is 10.4 Å². The Morgan fingerprint density at radius 1 is 1.05 bits per heavy atom. The van der Waals surface area contributed by atoms with E-state index in [9.17, 15) is 24.1 Å². The van der Waals surface area contributed by atoms with Crippen molar-refractivity contribution in [2.75, 3.05) is 32.7 Å². The van der Waals surface area contributed by atoms with E-state index in [1.807, 2.05) is 22.4 Å². The number of nitrogens with zero attached hydrogens (tertiary/aromatic N) is 4. The van der Waals surface area contributed by atoms with Crippen LogP contribution < -0.4 is 5.32 Å². The molecule has 0 radical (unpaired) electrons. The molecule has 2 fully saturated rings. The summed E-state index contributed by atoms with van der Waals surface area (Å²) < 4.78 is 13.6. The second kappa shape index (κ2) is 12.0. The van der Waals surface area contributed by atoms with Gasteiger partial charge in [-0.2, -0.15) is 0 Å². The molecular weight excluding hydrogens is 521 g/mol. The van der Waals surface area contributed by atoms with Gasteiger partial charge in [0.15, 0.2) is 0 Å². The molecule has 11 heteroatoms. The number of nitrogens with one attached hydrogen (secondary N) is 1. The highest BCUT2D eigenvalue weighted by atomic mass is 32.1. The van der Waals surface area contributed by atoms with Gasteiger partial charge in [-0.15, -0.1) is 11.3 Å². The second-order valence-corrected chi connectivity index (χ2v) is 10.9. The Hall–Kier alpha value is -3.67. The molecule has 2 aliphatic rings. The van der Waals surface area contributed by atoms with Gasteiger partial charge < -0.3 is 15.1 Å². The Morgan fingerprint density at radius 3 is 2.41 bits per heavy atom. The first-order valence-electron chi connectivity index (χ1n) is 12.9. The van der Waals surface area contributed by atoms with Crippen molar-refractivity contribution in [3.8, 4) is 0 Å². The van der Waals surface area contributed by atoms with E-state index < -0.39 is 16.8 Å². The molecule has 1 N–H and O–H groups in total. The van der Waals surface area contributed by atoms with Crippen molar-refractivity contribution in [1.82, 2.24) is 20.0 Å². The number of thiophene rings is 1. The molecule has 9 nitrogen and oxygen atoms in total. The standard InChI is InChI=1S/C28H30FN5O4S/c29-22-7-5-21(6-8-22)27(35)33-18-24(16-26(33)28(36)31-13-11-30-12-14-31)32(19-25-2-1-15-39-25)17-20-3-9-23(10-4-20)34(37)38/h1-10,15,24,26,30H,11-14,16-19H2. The van der Waals surface area contributed by atoms with E-state index in [0.29, 0.717) is 57.8 Å². The summed E-state index contributed by atoms with van der Waals surface area (Å²) in [4.78, 5) is 44.9. The maximum absolute atomic E-state index is 13.7. The molecule has 2 saturated heterocycles. The maximum Gasteiger partial charge on any atom is 0.269 e. The van der Waals surface area contributed by atoms with E-state index in [4.69, 9.17) is 0 Å². The molecule has 2 amide bonds. The number of carbonyl (C=O) groups excluding carboxylic acids is 2. The Morgan fingerprint density at radius 2 is 1.77 bits per heavy atom. The average Bonchev–Trinajstić information content (AvgIpc) is 3.64. The molecule has 204 valence electrons. The highest BCUT2D eigenvalue weighted by molar-refractivity contribution is 7.09. The number of halogens is 1. The van der Waals surface area contributed by atoms with Gasteiger partial charge in [0, 0.05) is 74.4 Å². The fourth-order valence-corrected chi connectivity index (χ4v) is 5.99. The lowest BCUT2D eigenvalue weighted by molar-refractivity contribution is -0.384. The molecule has 2 unspecified atom stereocenters. The van der Waals surface area contributed by atoms with Crippen LogP contribution in [0.1, 0.15) is 27.2 Å². The monoisotopic (exact) mass is 551 g/mol. The third kappa shape index (κ3) is 6.32. The first kappa shape index (κ1) is 26.9. The number of benzene rings is 2. The number of nitro benzene ring substituents is 1. The summed E-state index contributed by atoms with van der Waals surface area (Å²) in [5, 5.41) is 16.4. The fraction of sp³-hybridized carbons (Fsp3) is 0.357. The number of hydrogen-bond acceptors (Lipinski definition) is 7. The Bertz CT molecular complexity index is 1300. The fourth-order valence-electron chi connectivity index (χ4n) is 5.27. The molecule has 3 heterocycles.